The van der Waals surface area contributed by atoms with Gasteiger partial charge in [0.15, 0.2) is 0 Å². The molecule has 3 nitrogen and oxygen atoms in total. The molecule has 1 unspecified atom stereocenters. The van der Waals surface area contributed by atoms with E-state index in [4.69, 9.17) is 0 Å². The molecule has 0 radical (unpaired) electrons. The molecule has 0 aliphatic heterocycles. The number of pyridine rings is 1. The second kappa shape index (κ2) is 4.78. The fourth-order valence-electron chi connectivity index (χ4n) is 1.81. The second-order valence-electron chi connectivity index (χ2n) is 5.42. The van der Waals surface area contributed by atoms with Crippen LogP contribution >= 0.6 is 0 Å². The standard InChI is InChI=1S/C14H18N2OS/c1-10-5-6-13(18(17)16-14(2,3)4)12-9-15-8-7-11(10)12/h5-9,16H,1-4H3. The van der Waals surface area contributed by atoms with Crippen LogP contribution in [0.25, 0.3) is 10.8 Å². The maximum atomic E-state index is 12.4. The summed E-state index contributed by atoms with van der Waals surface area (Å²) in [5, 5.41) is 2.05. The summed E-state index contributed by atoms with van der Waals surface area (Å²) in [6.45, 7) is 8.05. The van der Waals surface area contributed by atoms with E-state index in [-0.39, 0.29) is 5.54 Å². The third-order valence-corrected chi connectivity index (χ3v) is 4.15. The van der Waals surface area contributed by atoms with Crippen LogP contribution in [0, 0.1) is 6.92 Å². The molecule has 0 fully saturated rings. The number of aryl methyl sites for hydroxylation is 1. The number of hydrogen-bond acceptors (Lipinski definition) is 2. The summed E-state index contributed by atoms with van der Waals surface area (Å²) in [6.07, 6.45) is 3.54. The first-order valence-electron chi connectivity index (χ1n) is 5.91. The Hall–Kier alpha value is -1.26. The molecule has 0 saturated heterocycles. The van der Waals surface area contributed by atoms with Gasteiger partial charge >= 0.3 is 0 Å². The molecule has 0 saturated carbocycles. The molecule has 0 spiro atoms. The molecule has 0 amide bonds. The number of hydrogen-bond donors (Lipinski definition) is 1. The Morgan fingerprint density at radius 2 is 1.89 bits per heavy atom. The van der Waals surface area contributed by atoms with Crippen LogP contribution in [0.1, 0.15) is 26.3 Å². The van der Waals surface area contributed by atoms with Gasteiger partial charge < -0.3 is 0 Å². The molecule has 18 heavy (non-hydrogen) atoms. The molecule has 1 heterocycles. The Labute approximate surface area is 110 Å². The molecule has 2 aromatic rings. The van der Waals surface area contributed by atoms with E-state index in [2.05, 4.69) is 9.71 Å². The van der Waals surface area contributed by atoms with Crippen LogP contribution in [0.2, 0.25) is 0 Å². The number of nitrogens with zero attached hydrogens (tertiary/aromatic N) is 1. The maximum Gasteiger partial charge on any atom is 0.126 e. The zero-order chi connectivity index (χ0) is 13.3. The average molecular weight is 262 g/mol. The van der Waals surface area contributed by atoms with Crippen molar-refractivity contribution in [3.05, 3.63) is 36.2 Å². The van der Waals surface area contributed by atoms with Crippen LogP contribution in [0.3, 0.4) is 0 Å². The molecule has 2 rings (SSSR count). The Morgan fingerprint density at radius 1 is 1.17 bits per heavy atom. The molecular formula is C14H18N2OS. The SMILES string of the molecule is Cc1ccc(S(=O)NC(C)(C)C)c2cnccc12. The van der Waals surface area contributed by atoms with Crippen molar-refractivity contribution in [2.24, 2.45) is 0 Å². The van der Waals surface area contributed by atoms with Gasteiger partial charge in [0.1, 0.15) is 11.0 Å². The molecule has 96 valence electrons. The average Bonchev–Trinajstić information content (AvgIpc) is 2.27. The Kier molecular flexibility index (Phi) is 3.50. The summed E-state index contributed by atoms with van der Waals surface area (Å²) >= 11 is 0. The van der Waals surface area contributed by atoms with Crippen molar-refractivity contribution in [3.63, 3.8) is 0 Å². The van der Waals surface area contributed by atoms with Gasteiger partial charge in [-0.3, -0.25) is 4.98 Å². The first-order chi connectivity index (χ1) is 8.38. The van der Waals surface area contributed by atoms with Crippen molar-refractivity contribution in [1.29, 1.82) is 0 Å². The highest BCUT2D eigenvalue weighted by Crippen LogP contribution is 2.24. The lowest BCUT2D eigenvalue weighted by Gasteiger charge is -2.20. The first-order valence-corrected chi connectivity index (χ1v) is 7.06. The van der Waals surface area contributed by atoms with Crippen LogP contribution in [-0.2, 0) is 11.0 Å². The van der Waals surface area contributed by atoms with Gasteiger partial charge in [-0.1, -0.05) is 6.07 Å². The topological polar surface area (TPSA) is 42.0 Å². The quantitative estimate of drug-likeness (QED) is 0.904. The zero-order valence-electron chi connectivity index (χ0n) is 11.2. The van der Waals surface area contributed by atoms with Gasteiger partial charge in [-0.2, -0.15) is 0 Å². The second-order valence-corrected chi connectivity index (χ2v) is 6.60. The minimum Gasteiger partial charge on any atom is -0.264 e. The lowest BCUT2D eigenvalue weighted by molar-refractivity contribution is 0.520. The fraction of sp³-hybridized carbons (Fsp3) is 0.357. The number of rotatable bonds is 2. The van der Waals surface area contributed by atoms with E-state index in [1.54, 1.807) is 12.4 Å². The molecule has 4 heteroatoms. The van der Waals surface area contributed by atoms with Gasteiger partial charge in [0.2, 0.25) is 0 Å². The number of nitrogens with one attached hydrogen (secondary N) is 1. The summed E-state index contributed by atoms with van der Waals surface area (Å²) < 4.78 is 15.4. The maximum absolute atomic E-state index is 12.4. The van der Waals surface area contributed by atoms with Gasteiger partial charge in [0.05, 0.1) is 4.90 Å². The zero-order valence-corrected chi connectivity index (χ0v) is 12.0. The first kappa shape index (κ1) is 13.2. The van der Waals surface area contributed by atoms with Gasteiger partial charge in [-0.15, -0.1) is 0 Å². The van der Waals surface area contributed by atoms with E-state index >= 15 is 0 Å². The van der Waals surface area contributed by atoms with Gasteiger partial charge in [-0.25, -0.2) is 8.93 Å². The number of benzene rings is 1. The summed E-state index contributed by atoms with van der Waals surface area (Å²) in [6, 6.07) is 5.87. The monoisotopic (exact) mass is 262 g/mol. The van der Waals surface area contributed by atoms with Crippen molar-refractivity contribution in [2.45, 2.75) is 38.1 Å². The molecule has 1 N–H and O–H groups in total. The normalized spacial score (nSPS) is 13.8. The van der Waals surface area contributed by atoms with Crippen molar-refractivity contribution >= 4 is 21.8 Å². The van der Waals surface area contributed by atoms with E-state index < -0.39 is 11.0 Å². The Morgan fingerprint density at radius 3 is 2.56 bits per heavy atom. The van der Waals surface area contributed by atoms with E-state index in [9.17, 15) is 4.21 Å². The lowest BCUT2D eigenvalue weighted by Crippen LogP contribution is -2.37. The summed E-state index contributed by atoms with van der Waals surface area (Å²) in [5.74, 6) is 0. The third kappa shape index (κ3) is 2.76. The highest BCUT2D eigenvalue weighted by atomic mass is 32.2. The largest absolute Gasteiger partial charge is 0.264 e. The highest BCUT2D eigenvalue weighted by molar-refractivity contribution is 7.83. The van der Waals surface area contributed by atoms with Gasteiger partial charge in [0, 0.05) is 23.3 Å². The number of fused-ring (bicyclic) bond motifs is 1. The van der Waals surface area contributed by atoms with Crippen molar-refractivity contribution in [1.82, 2.24) is 9.71 Å². The van der Waals surface area contributed by atoms with E-state index in [0.717, 1.165) is 15.7 Å². The molecule has 1 atom stereocenters. The van der Waals surface area contributed by atoms with Gasteiger partial charge in [0.25, 0.3) is 0 Å². The predicted molar refractivity (Wildman–Crippen MR) is 75.8 cm³/mol. The number of aromatic nitrogens is 1. The molecular weight excluding hydrogens is 244 g/mol. The van der Waals surface area contributed by atoms with Crippen LogP contribution in [0.5, 0.6) is 0 Å². The van der Waals surface area contributed by atoms with Crippen molar-refractivity contribution < 1.29 is 4.21 Å². The smallest absolute Gasteiger partial charge is 0.126 e. The minimum absolute atomic E-state index is 0.190. The van der Waals surface area contributed by atoms with E-state index in [0.29, 0.717) is 0 Å². The van der Waals surface area contributed by atoms with E-state index in [1.807, 2.05) is 45.9 Å². The van der Waals surface area contributed by atoms with Crippen LogP contribution in [-0.4, -0.2) is 14.7 Å². The van der Waals surface area contributed by atoms with Crippen LogP contribution in [0.4, 0.5) is 0 Å². The predicted octanol–water partition coefficient (Wildman–Crippen LogP) is 2.95. The molecule has 0 aliphatic carbocycles. The van der Waals surface area contributed by atoms with Crippen molar-refractivity contribution in [3.8, 4) is 0 Å². The summed E-state index contributed by atoms with van der Waals surface area (Å²) in [5.41, 5.74) is 0.980. The molecule has 1 aromatic heterocycles. The lowest BCUT2D eigenvalue weighted by atomic mass is 10.1. The van der Waals surface area contributed by atoms with Crippen LogP contribution in [0.15, 0.2) is 35.5 Å². The Balaban J connectivity index is 2.52. The summed E-state index contributed by atoms with van der Waals surface area (Å²) in [4.78, 5) is 4.92. The fourth-order valence-corrected chi connectivity index (χ4v) is 3.03. The third-order valence-electron chi connectivity index (χ3n) is 2.59. The van der Waals surface area contributed by atoms with Crippen LogP contribution < -0.4 is 4.72 Å². The molecule has 0 aliphatic rings. The van der Waals surface area contributed by atoms with E-state index in [1.165, 1.54) is 5.56 Å². The molecule has 0 bridgehead atoms. The minimum atomic E-state index is -1.23. The van der Waals surface area contributed by atoms with Gasteiger partial charge in [-0.05, 0) is 50.8 Å². The molecule has 1 aromatic carbocycles. The Bertz CT molecular complexity index is 602. The highest BCUT2D eigenvalue weighted by Gasteiger charge is 2.16. The van der Waals surface area contributed by atoms with Crippen molar-refractivity contribution in [2.75, 3.05) is 0 Å². The summed E-state index contributed by atoms with van der Waals surface area (Å²) in [7, 11) is -1.23.